The number of hydrogen-bond donors (Lipinski definition) is 0. The van der Waals surface area contributed by atoms with E-state index < -0.39 is 0 Å². The van der Waals surface area contributed by atoms with Crippen LogP contribution in [0, 0.1) is 0 Å². The van der Waals surface area contributed by atoms with Gasteiger partial charge in [-0.25, -0.2) is 0 Å². The van der Waals surface area contributed by atoms with Crippen molar-refractivity contribution in [1.29, 1.82) is 0 Å². The van der Waals surface area contributed by atoms with Crippen LogP contribution in [0.1, 0.15) is 31.1 Å². The predicted octanol–water partition coefficient (Wildman–Crippen LogP) is 3.90. The molecule has 1 aliphatic heterocycles. The lowest BCUT2D eigenvalue weighted by Gasteiger charge is -2.32. The molecule has 2 rings (SSSR count). The van der Waals surface area contributed by atoms with Gasteiger partial charge in [-0.3, -0.25) is 4.90 Å². The van der Waals surface area contributed by atoms with Crippen molar-refractivity contribution in [1.82, 2.24) is 4.90 Å². The van der Waals surface area contributed by atoms with Gasteiger partial charge in [0, 0.05) is 29.0 Å². The Hall–Kier alpha value is 0.100. The standard InChI is InChI=1S/C13H20BrNOS/c1-2-7-16-11-4-3-6-15(9-11)10-13-12(14)5-8-17-13/h5,8,11H,2-4,6-7,9-10H2,1H3. The first-order chi connectivity index (χ1) is 8.29. The van der Waals surface area contributed by atoms with Crippen molar-refractivity contribution in [2.45, 2.75) is 38.8 Å². The summed E-state index contributed by atoms with van der Waals surface area (Å²) in [5, 5.41) is 2.15. The zero-order valence-corrected chi connectivity index (χ0v) is 12.7. The molecule has 1 aromatic heterocycles. The molecule has 17 heavy (non-hydrogen) atoms. The summed E-state index contributed by atoms with van der Waals surface area (Å²) in [4.78, 5) is 3.95. The van der Waals surface area contributed by atoms with Crippen LogP contribution in [0.4, 0.5) is 0 Å². The molecule has 96 valence electrons. The largest absolute Gasteiger partial charge is 0.377 e. The molecule has 0 spiro atoms. The number of rotatable bonds is 5. The third-order valence-electron chi connectivity index (χ3n) is 3.08. The molecule has 1 fully saturated rings. The average Bonchev–Trinajstić information content (AvgIpc) is 2.73. The Balaban J connectivity index is 1.83. The van der Waals surface area contributed by atoms with E-state index in [1.165, 1.54) is 28.7 Å². The summed E-state index contributed by atoms with van der Waals surface area (Å²) in [5.74, 6) is 0. The molecule has 1 aromatic rings. The molecule has 1 atom stereocenters. The van der Waals surface area contributed by atoms with Crippen molar-refractivity contribution < 1.29 is 4.74 Å². The Morgan fingerprint density at radius 2 is 2.47 bits per heavy atom. The van der Waals surface area contributed by atoms with Gasteiger partial charge in [0.05, 0.1) is 6.10 Å². The van der Waals surface area contributed by atoms with Gasteiger partial charge in [0.2, 0.25) is 0 Å². The molecule has 1 unspecified atom stereocenters. The summed E-state index contributed by atoms with van der Waals surface area (Å²) in [6, 6.07) is 2.13. The fourth-order valence-electron chi connectivity index (χ4n) is 2.22. The highest BCUT2D eigenvalue weighted by Crippen LogP contribution is 2.25. The Bertz CT molecular complexity index is 342. The van der Waals surface area contributed by atoms with Crippen molar-refractivity contribution in [3.63, 3.8) is 0 Å². The van der Waals surface area contributed by atoms with E-state index in [4.69, 9.17) is 4.74 Å². The van der Waals surface area contributed by atoms with Crippen LogP contribution in [0.5, 0.6) is 0 Å². The van der Waals surface area contributed by atoms with Gasteiger partial charge in [-0.1, -0.05) is 6.92 Å². The van der Waals surface area contributed by atoms with Crippen molar-refractivity contribution >= 4 is 27.3 Å². The maximum Gasteiger partial charge on any atom is 0.0702 e. The van der Waals surface area contributed by atoms with E-state index in [0.717, 1.165) is 26.1 Å². The minimum absolute atomic E-state index is 0.447. The van der Waals surface area contributed by atoms with Gasteiger partial charge in [0.15, 0.2) is 0 Å². The van der Waals surface area contributed by atoms with E-state index in [1.54, 1.807) is 0 Å². The van der Waals surface area contributed by atoms with Crippen molar-refractivity contribution in [2.75, 3.05) is 19.7 Å². The summed E-state index contributed by atoms with van der Waals surface area (Å²) in [5.41, 5.74) is 0. The van der Waals surface area contributed by atoms with E-state index in [0.29, 0.717) is 6.10 Å². The minimum Gasteiger partial charge on any atom is -0.377 e. The quantitative estimate of drug-likeness (QED) is 0.816. The van der Waals surface area contributed by atoms with E-state index >= 15 is 0 Å². The monoisotopic (exact) mass is 317 g/mol. The normalized spacial score (nSPS) is 21.9. The molecule has 4 heteroatoms. The molecular weight excluding hydrogens is 298 g/mol. The number of nitrogens with zero attached hydrogens (tertiary/aromatic N) is 1. The van der Waals surface area contributed by atoms with Crippen LogP contribution in [-0.2, 0) is 11.3 Å². The van der Waals surface area contributed by atoms with Crippen LogP contribution in [0.2, 0.25) is 0 Å². The Labute approximate surface area is 116 Å². The molecule has 0 saturated carbocycles. The van der Waals surface area contributed by atoms with E-state index in [2.05, 4.69) is 39.2 Å². The highest BCUT2D eigenvalue weighted by molar-refractivity contribution is 9.10. The number of thiophene rings is 1. The zero-order valence-electron chi connectivity index (χ0n) is 10.3. The van der Waals surface area contributed by atoms with Gasteiger partial charge in [0.25, 0.3) is 0 Å². The van der Waals surface area contributed by atoms with E-state index in [1.807, 2.05) is 11.3 Å². The number of ether oxygens (including phenoxy) is 1. The van der Waals surface area contributed by atoms with Crippen LogP contribution in [0.15, 0.2) is 15.9 Å². The first-order valence-corrected chi connectivity index (χ1v) is 8.02. The van der Waals surface area contributed by atoms with Gasteiger partial charge < -0.3 is 4.74 Å². The Kier molecular flexibility index (Phi) is 5.48. The third-order valence-corrected chi connectivity index (χ3v) is 4.99. The first-order valence-electron chi connectivity index (χ1n) is 6.35. The van der Waals surface area contributed by atoms with Crippen LogP contribution in [-0.4, -0.2) is 30.7 Å². The highest BCUT2D eigenvalue weighted by Gasteiger charge is 2.20. The molecule has 2 nitrogen and oxygen atoms in total. The Morgan fingerprint density at radius 1 is 1.59 bits per heavy atom. The molecule has 1 aliphatic rings. The third kappa shape index (κ3) is 4.05. The highest BCUT2D eigenvalue weighted by atomic mass is 79.9. The molecule has 0 N–H and O–H groups in total. The second kappa shape index (κ2) is 6.88. The molecule has 2 heterocycles. The van der Waals surface area contributed by atoms with Crippen LogP contribution in [0.25, 0.3) is 0 Å². The molecule has 0 bridgehead atoms. The number of halogens is 1. The topological polar surface area (TPSA) is 12.5 Å². The van der Waals surface area contributed by atoms with Crippen LogP contribution < -0.4 is 0 Å². The van der Waals surface area contributed by atoms with Crippen LogP contribution >= 0.6 is 27.3 Å². The lowest BCUT2D eigenvalue weighted by molar-refractivity contribution is -0.00202. The van der Waals surface area contributed by atoms with Gasteiger partial charge in [-0.15, -0.1) is 11.3 Å². The lowest BCUT2D eigenvalue weighted by atomic mass is 10.1. The maximum atomic E-state index is 5.86. The van der Waals surface area contributed by atoms with Gasteiger partial charge >= 0.3 is 0 Å². The van der Waals surface area contributed by atoms with Crippen molar-refractivity contribution in [2.24, 2.45) is 0 Å². The molecule has 0 radical (unpaired) electrons. The molecule has 1 saturated heterocycles. The van der Waals surface area contributed by atoms with Gasteiger partial charge in [-0.2, -0.15) is 0 Å². The van der Waals surface area contributed by atoms with Crippen molar-refractivity contribution in [3.05, 3.63) is 20.8 Å². The smallest absolute Gasteiger partial charge is 0.0702 e. The van der Waals surface area contributed by atoms with Gasteiger partial charge in [-0.05, 0) is 53.2 Å². The molecule has 0 aromatic carbocycles. The molecule has 0 amide bonds. The van der Waals surface area contributed by atoms with E-state index in [-0.39, 0.29) is 0 Å². The maximum absolute atomic E-state index is 5.86. The summed E-state index contributed by atoms with van der Waals surface area (Å²) < 4.78 is 7.11. The lowest BCUT2D eigenvalue weighted by Crippen LogP contribution is -2.39. The molecule has 0 aliphatic carbocycles. The SMILES string of the molecule is CCCOC1CCCN(Cc2sccc2Br)C1. The molecular formula is C13H20BrNOS. The summed E-state index contributed by atoms with van der Waals surface area (Å²) in [6.07, 6.45) is 4.05. The van der Waals surface area contributed by atoms with E-state index in [9.17, 15) is 0 Å². The average molecular weight is 318 g/mol. The summed E-state index contributed by atoms with van der Waals surface area (Å²) in [7, 11) is 0. The van der Waals surface area contributed by atoms with Crippen LogP contribution in [0.3, 0.4) is 0 Å². The second-order valence-corrected chi connectivity index (χ2v) is 6.42. The first kappa shape index (κ1) is 13.5. The second-order valence-electron chi connectivity index (χ2n) is 4.56. The fraction of sp³-hybridized carbons (Fsp3) is 0.692. The number of likely N-dealkylation sites (tertiary alicyclic amines) is 1. The van der Waals surface area contributed by atoms with Crippen molar-refractivity contribution in [3.8, 4) is 0 Å². The summed E-state index contributed by atoms with van der Waals surface area (Å²) >= 11 is 5.44. The fourth-order valence-corrected chi connectivity index (χ4v) is 3.74. The zero-order chi connectivity index (χ0) is 12.1. The number of piperidine rings is 1. The number of hydrogen-bond acceptors (Lipinski definition) is 3. The summed E-state index contributed by atoms with van der Waals surface area (Å²) in [6.45, 7) is 6.43. The predicted molar refractivity (Wildman–Crippen MR) is 76.6 cm³/mol. The van der Waals surface area contributed by atoms with Gasteiger partial charge in [0.1, 0.15) is 0 Å². The Morgan fingerprint density at radius 3 is 3.18 bits per heavy atom. The minimum atomic E-state index is 0.447.